The smallest absolute Gasteiger partial charge is 0.0235 e. The highest BCUT2D eigenvalue weighted by atomic mass is 15.3. The van der Waals surface area contributed by atoms with Gasteiger partial charge in [0, 0.05) is 25.2 Å². The Morgan fingerprint density at radius 1 is 1.00 bits per heavy atom. The van der Waals surface area contributed by atoms with Gasteiger partial charge in [0.1, 0.15) is 0 Å². The number of likely N-dealkylation sites (tertiary alicyclic amines) is 2. The highest BCUT2D eigenvalue weighted by Gasteiger charge is 2.35. The molecule has 5 unspecified atom stereocenters. The van der Waals surface area contributed by atoms with Crippen molar-refractivity contribution in [3.63, 3.8) is 0 Å². The minimum absolute atomic E-state index is 0.429. The predicted molar refractivity (Wildman–Crippen MR) is 89.3 cm³/mol. The van der Waals surface area contributed by atoms with Crippen LogP contribution in [0.3, 0.4) is 0 Å². The number of piperidine rings is 1. The fraction of sp³-hybridized carbons (Fsp3) is 1.00. The van der Waals surface area contributed by atoms with Crippen LogP contribution in [0, 0.1) is 17.8 Å². The minimum Gasteiger partial charge on any atom is -0.327 e. The maximum Gasteiger partial charge on any atom is 0.0235 e. The van der Waals surface area contributed by atoms with Crippen LogP contribution in [0.25, 0.3) is 0 Å². The third-order valence-electron chi connectivity index (χ3n) is 6.35. The van der Waals surface area contributed by atoms with Crippen molar-refractivity contribution < 1.29 is 0 Å². The molecule has 122 valence electrons. The first-order valence-electron chi connectivity index (χ1n) is 9.35. The highest BCUT2D eigenvalue weighted by Crippen LogP contribution is 2.34. The van der Waals surface area contributed by atoms with Gasteiger partial charge < -0.3 is 10.6 Å². The Kier molecular flexibility index (Phi) is 5.23. The average molecular weight is 293 g/mol. The molecule has 0 amide bonds. The van der Waals surface area contributed by atoms with Crippen molar-refractivity contribution in [1.82, 2.24) is 9.80 Å². The topological polar surface area (TPSA) is 32.5 Å². The van der Waals surface area contributed by atoms with Crippen LogP contribution >= 0.6 is 0 Å². The van der Waals surface area contributed by atoms with Crippen molar-refractivity contribution in [1.29, 1.82) is 0 Å². The summed E-state index contributed by atoms with van der Waals surface area (Å²) < 4.78 is 0. The Bertz CT molecular complexity index is 314. The lowest BCUT2D eigenvalue weighted by Gasteiger charge is -2.40. The molecule has 3 rings (SSSR count). The van der Waals surface area contributed by atoms with E-state index in [1.807, 2.05) is 0 Å². The van der Waals surface area contributed by atoms with Crippen LogP contribution in [0.15, 0.2) is 0 Å². The first kappa shape index (κ1) is 15.8. The van der Waals surface area contributed by atoms with Crippen LogP contribution in [-0.4, -0.2) is 54.6 Å². The van der Waals surface area contributed by atoms with Crippen LogP contribution < -0.4 is 5.73 Å². The van der Waals surface area contributed by atoms with Gasteiger partial charge in [-0.25, -0.2) is 0 Å². The van der Waals surface area contributed by atoms with E-state index < -0.39 is 0 Å². The summed E-state index contributed by atoms with van der Waals surface area (Å²) in [5, 5.41) is 0. The van der Waals surface area contributed by atoms with E-state index in [1.165, 1.54) is 71.2 Å². The average Bonchev–Trinajstić information content (AvgIpc) is 2.92. The third kappa shape index (κ3) is 3.80. The second-order valence-corrected chi connectivity index (χ2v) is 8.18. The van der Waals surface area contributed by atoms with Gasteiger partial charge in [-0.05, 0) is 69.5 Å². The molecule has 3 heteroatoms. The lowest BCUT2D eigenvalue weighted by atomic mass is 9.72. The molecular formula is C18H35N3. The van der Waals surface area contributed by atoms with E-state index in [2.05, 4.69) is 23.6 Å². The molecule has 3 nitrogen and oxygen atoms in total. The monoisotopic (exact) mass is 293 g/mol. The fourth-order valence-corrected chi connectivity index (χ4v) is 5.14. The maximum atomic E-state index is 6.48. The molecule has 2 N–H and O–H groups in total. The van der Waals surface area contributed by atoms with Crippen molar-refractivity contribution in [3.8, 4) is 0 Å². The Morgan fingerprint density at radius 3 is 2.48 bits per heavy atom. The molecule has 0 aromatic carbocycles. The van der Waals surface area contributed by atoms with E-state index >= 15 is 0 Å². The quantitative estimate of drug-likeness (QED) is 0.868. The number of nitrogens with zero attached hydrogens (tertiary/aromatic N) is 2. The van der Waals surface area contributed by atoms with Crippen molar-refractivity contribution >= 4 is 0 Å². The normalized spacial score (nSPS) is 43.3. The fourth-order valence-electron chi connectivity index (χ4n) is 5.14. The largest absolute Gasteiger partial charge is 0.327 e. The van der Waals surface area contributed by atoms with Crippen molar-refractivity contribution in [3.05, 3.63) is 0 Å². The summed E-state index contributed by atoms with van der Waals surface area (Å²) in [6.07, 6.45) is 8.27. The summed E-state index contributed by atoms with van der Waals surface area (Å²) in [7, 11) is 0. The molecule has 21 heavy (non-hydrogen) atoms. The summed E-state index contributed by atoms with van der Waals surface area (Å²) >= 11 is 0. The van der Waals surface area contributed by atoms with E-state index in [9.17, 15) is 0 Å². The molecule has 2 saturated heterocycles. The van der Waals surface area contributed by atoms with E-state index in [0.29, 0.717) is 6.04 Å². The number of rotatable bonds is 3. The molecule has 1 aliphatic carbocycles. The van der Waals surface area contributed by atoms with E-state index in [-0.39, 0.29) is 0 Å². The van der Waals surface area contributed by atoms with Crippen LogP contribution in [0.5, 0.6) is 0 Å². The van der Waals surface area contributed by atoms with Crippen LogP contribution in [0.4, 0.5) is 0 Å². The van der Waals surface area contributed by atoms with E-state index in [0.717, 1.165) is 23.8 Å². The lowest BCUT2D eigenvalue weighted by molar-refractivity contribution is 0.118. The lowest BCUT2D eigenvalue weighted by Crippen LogP contribution is -2.47. The van der Waals surface area contributed by atoms with Gasteiger partial charge >= 0.3 is 0 Å². The molecule has 0 bridgehead atoms. The zero-order valence-corrected chi connectivity index (χ0v) is 14.1. The third-order valence-corrected chi connectivity index (χ3v) is 6.35. The Labute approximate surface area is 131 Å². The zero-order chi connectivity index (χ0) is 14.8. The van der Waals surface area contributed by atoms with Gasteiger partial charge in [0.05, 0.1) is 0 Å². The van der Waals surface area contributed by atoms with Crippen LogP contribution in [-0.2, 0) is 0 Å². The van der Waals surface area contributed by atoms with E-state index in [1.54, 1.807) is 0 Å². The summed E-state index contributed by atoms with van der Waals surface area (Å²) in [6.45, 7) is 11.3. The van der Waals surface area contributed by atoms with Gasteiger partial charge in [-0.15, -0.1) is 0 Å². The zero-order valence-electron chi connectivity index (χ0n) is 14.1. The molecule has 0 aromatic rings. The van der Waals surface area contributed by atoms with E-state index in [4.69, 9.17) is 5.73 Å². The van der Waals surface area contributed by atoms with Gasteiger partial charge in [0.15, 0.2) is 0 Å². The summed E-state index contributed by atoms with van der Waals surface area (Å²) in [5.41, 5.74) is 6.48. The molecule has 3 fully saturated rings. The number of hydrogen-bond acceptors (Lipinski definition) is 3. The SMILES string of the molecule is CC1CC(C)C(CN2CCC(N3CCCCC3)C2)C(N)C1. The van der Waals surface area contributed by atoms with Crippen LogP contribution in [0.2, 0.25) is 0 Å². The molecule has 0 radical (unpaired) electrons. The maximum absolute atomic E-state index is 6.48. The highest BCUT2D eigenvalue weighted by molar-refractivity contribution is 4.91. The molecule has 2 aliphatic heterocycles. The predicted octanol–water partition coefficient (Wildman–Crippen LogP) is 2.56. The number of nitrogens with two attached hydrogens (primary N) is 1. The van der Waals surface area contributed by atoms with Gasteiger partial charge in [0.2, 0.25) is 0 Å². The minimum atomic E-state index is 0.429. The van der Waals surface area contributed by atoms with Crippen LogP contribution in [0.1, 0.15) is 52.4 Å². The molecule has 0 aromatic heterocycles. The number of hydrogen-bond donors (Lipinski definition) is 1. The van der Waals surface area contributed by atoms with Crippen molar-refractivity contribution in [2.24, 2.45) is 23.5 Å². The molecule has 0 spiro atoms. The van der Waals surface area contributed by atoms with Gasteiger partial charge in [-0.3, -0.25) is 4.90 Å². The van der Waals surface area contributed by atoms with Gasteiger partial charge in [0.25, 0.3) is 0 Å². The molecular weight excluding hydrogens is 258 g/mol. The second kappa shape index (κ2) is 6.97. The second-order valence-electron chi connectivity index (χ2n) is 8.18. The van der Waals surface area contributed by atoms with Gasteiger partial charge in [-0.2, -0.15) is 0 Å². The van der Waals surface area contributed by atoms with Gasteiger partial charge in [-0.1, -0.05) is 20.3 Å². The first-order valence-corrected chi connectivity index (χ1v) is 9.35. The van der Waals surface area contributed by atoms with Crippen molar-refractivity contribution in [2.75, 3.05) is 32.7 Å². The summed E-state index contributed by atoms with van der Waals surface area (Å²) in [6, 6.07) is 1.26. The standard InChI is InChI=1S/C18H35N3/c1-14-10-15(2)17(18(19)11-14)13-20-9-6-16(12-20)21-7-4-3-5-8-21/h14-18H,3-13,19H2,1-2H3. The Hall–Kier alpha value is -0.120. The molecule has 3 aliphatic rings. The van der Waals surface area contributed by atoms with Crippen molar-refractivity contribution in [2.45, 2.75) is 64.5 Å². The molecule has 2 heterocycles. The summed E-state index contributed by atoms with van der Waals surface area (Å²) in [5.74, 6) is 2.35. The molecule has 1 saturated carbocycles. The summed E-state index contributed by atoms with van der Waals surface area (Å²) in [4.78, 5) is 5.48. The Morgan fingerprint density at radius 2 is 1.76 bits per heavy atom. The first-order chi connectivity index (χ1) is 10.1. The Balaban J connectivity index is 1.49. The molecule has 5 atom stereocenters.